The molecule has 2 aromatic rings. The van der Waals surface area contributed by atoms with E-state index in [0.717, 1.165) is 17.5 Å². The Morgan fingerprint density at radius 2 is 1.70 bits per heavy atom. The van der Waals surface area contributed by atoms with Crippen molar-refractivity contribution in [1.29, 1.82) is 0 Å². The summed E-state index contributed by atoms with van der Waals surface area (Å²) >= 11 is 0. The molecule has 2 amide bonds. The van der Waals surface area contributed by atoms with E-state index in [1.165, 1.54) is 11.0 Å². The molecule has 0 saturated heterocycles. The lowest BCUT2D eigenvalue weighted by Crippen LogP contribution is -2.48. The molecule has 1 atom stereocenters. The summed E-state index contributed by atoms with van der Waals surface area (Å²) in [6.45, 7) is 6.19. The van der Waals surface area contributed by atoms with E-state index < -0.39 is 6.04 Å². The maximum atomic E-state index is 14.1. The van der Waals surface area contributed by atoms with Gasteiger partial charge in [-0.05, 0) is 37.5 Å². The SMILES string of the molecule is CCCNC(=O)C(C)N(Cc1ccccc1F)C(=O)Cc1ccccc1C. The second-order valence-electron chi connectivity index (χ2n) is 6.68. The average molecular weight is 370 g/mol. The van der Waals surface area contributed by atoms with Crippen molar-refractivity contribution in [3.63, 3.8) is 0 Å². The molecule has 4 nitrogen and oxygen atoms in total. The molecule has 0 aliphatic heterocycles. The van der Waals surface area contributed by atoms with Gasteiger partial charge in [-0.2, -0.15) is 0 Å². The van der Waals surface area contributed by atoms with Crippen molar-refractivity contribution in [2.45, 2.75) is 46.2 Å². The Morgan fingerprint density at radius 1 is 1.07 bits per heavy atom. The number of benzene rings is 2. The molecule has 0 fully saturated rings. The summed E-state index contributed by atoms with van der Waals surface area (Å²) in [5.41, 5.74) is 2.31. The monoisotopic (exact) mass is 370 g/mol. The van der Waals surface area contributed by atoms with E-state index in [0.29, 0.717) is 12.1 Å². The molecule has 0 heterocycles. The van der Waals surface area contributed by atoms with Crippen molar-refractivity contribution in [3.8, 4) is 0 Å². The Morgan fingerprint density at radius 3 is 2.33 bits per heavy atom. The van der Waals surface area contributed by atoms with Gasteiger partial charge in [-0.15, -0.1) is 0 Å². The molecule has 0 spiro atoms. The number of halogens is 1. The van der Waals surface area contributed by atoms with Crippen molar-refractivity contribution in [1.82, 2.24) is 10.2 Å². The van der Waals surface area contributed by atoms with Gasteiger partial charge in [0, 0.05) is 18.7 Å². The zero-order chi connectivity index (χ0) is 19.8. The topological polar surface area (TPSA) is 49.4 Å². The molecule has 0 aliphatic carbocycles. The van der Waals surface area contributed by atoms with Gasteiger partial charge in [-0.3, -0.25) is 9.59 Å². The quantitative estimate of drug-likeness (QED) is 0.772. The van der Waals surface area contributed by atoms with Crippen molar-refractivity contribution in [2.24, 2.45) is 0 Å². The summed E-state index contributed by atoms with van der Waals surface area (Å²) in [6, 6.07) is 13.3. The number of hydrogen-bond acceptors (Lipinski definition) is 2. The van der Waals surface area contributed by atoms with E-state index in [1.807, 2.05) is 38.1 Å². The Balaban J connectivity index is 2.25. The van der Waals surface area contributed by atoms with Gasteiger partial charge in [-0.25, -0.2) is 4.39 Å². The summed E-state index contributed by atoms with van der Waals surface area (Å²) in [6.07, 6.45) is 0.982. The smallest absolute Gasteiger partial charge is 0.242 e. The van der Waals surface area contributed by atoms with E-state index in [-0.39, 0.29) is 30.6 Å². The van der Waals surface area contributed by atoms with E-state index >= 15 is 0 Å². The Kier molecular flexibility index (Phi) is 7.53. The molecule has 5 heteroatoms. The summed E-state index contributed by atoms with van der Waals surface area (Å²) in [4.78, 5) is 26.9. The molecular weight excluding hydrogens is 343 g/mol. The molecule has 0 radical (unpaired) electrons. The molecule has 0 bridgehead atoms. The third-order valence-corrected chi connectivity index (χ3v) is 4.62. The predicted molar refractivity (Wildman–Crippen MR) is 105 cm³/mol. The Hall–Kier alpha value is -2.69. The number of rotatable bonds is 8. The zero-order valence-corrected chi connectivity index (χ0v) is 16.2. The summed E-state index contributed by atoms with van der Waals surface area (Å²) < 4.78 is 14.1. The molecule has 2 rings (SSSR count). The minimum absolute atomic E-state index is 0.0537. The lowest BCUT2D eigenvalue weighted by atomic mass is 10.0. The van der Waals surface area contributed by atoms with Gasteiger partial charge in [0.05, 0.1) is 6.42 Å². The third-order valence-electron chi connectivity index (χ3n) is 4.62. The number of hydrogen-bond donors (Lipinski definition) is 1. The van der Waals surface area contributed by atoms with Gasteiger partial charge in [0.25, 0.3) is 0 Å². The maximum Gasteiger partial charge on any atom is 0.242 e. The lowest BCUT2D eigenvalue weighted by Gasteiger charge is -2.29. The minimum Gasteiger partial charge on any atom is -0.354 e. The molecule has 0 aliphatic rings. The highest BCUT2D eigenvalue weighted by Gasteiger charge is 2.26. The highest BCUT2D eigenvalue weighted by molar-refractivity contribution is 5.88. The largest absolute Gasteiger partial charge is 0.354 e. The van der Waals surface area contributed by atoms with Crippen molar-refractivity contribution in [2.75, 3.05) is 6.54 Å². The maximum absolute atomic E-state index is 14.1. The average Bonchev–Trinajstić information content (AvgIpc) is 2.66. The Labute approximate surface area is 160 Å². The van der Waals surface area contributed by atoms with Gasteiger partial charge in [0.2, 0.25) is 11.8 Å². The van der Waals surface area contributed by atoms with Crippen LogP contribution in [0.2, 0.25) is 0 Å². The fourth-order valence-electron chi connectivity index (χ4n) is 2.86. The van der Waals surface area contributed by atoms with Crippen LogP contribution in [0.4, 0.5) is 4.39 Å². The van der Waals surface area contributed by atoms with Crippen LogP contribution < -0.4 is 5.32 Å². The first-order chi connectivity index (χ1) is 12.9. The number of aryl methyl sites for hydroxylation is 1. The molecule has 0 aromatic heterocycles. The Bertz CT molecular complexity index is 791. The molecular formula is C22H27FN2O2. The molecule has 1 N–H and O–H groups in total. The highest BCUT2D eigenvalue weighted by atomic mass is 19.1. The standard InChI is InChI=1S/C22H27FN2O2/c1-4-13-24-22(27)17(3)25(15-19-11-7-8-12-20(19)23)21(26)14-18-10-6-5-9-16(18)2/h5-12,17H,4,13-15H2,1-3H3,(H,24,27). The lowest BCUT2D eigenvalue weighted by molar-refractivity contribution is -0.140. The number of amides is 2. The fraction of sp³-hybridized carbons (Fsp3) is 0.364. The number of nitrogens with zero attached hydrogens (tertiary/aromatic N) is 1. The zero-order valence-electron chi connectivity index (χ0n) is 16.2. The van der Waals surface area contributed by atoms with Crippen LogP contribution in [0.3, 0.4) is 0 Å². The molecule has 1 unspecified atom stereocenters. The van der Waals surface area contributed by atoms with Gasteiger partial charge < -0.3 is 10.2 Å². The number of nitrogens with one attached hydrogen (secondary N) is 1. The summed E-state index contributed by atoms with van der Waals surface area (Å²) in [5, 5.41) is 2.82. The molecule has 27 heavy (non-hydrogen) atoms. The van der Waals surface area contributed by atoms with E-state index in [2.05, 4.69) is 5.32 Å². The van der Waals surface area contributed by atoms with Gasteiger partial charge in [0.15, 0.2) is 0 Å². The summed E-state index contributed by atoms with van der Waals surface area (Å²) in [5.74, 6) is -0.814. The predicted octanol–water partition coefficient (Wildman–Crippen LogP) is 3.62. The van der Waals surface area contributed by atoms with Crippen LogP contribution in [-0.2, 0) is 22.6 Å². The number of carbonyl (C=O) groups excluding carboxylic acids is 2. The fourth-order valence-corrected chi connectivity index (χ4v) is 2.86. The van der Waals surface area contributed by atoms with Gasteiger partial charge in [-0.1, -0.05) is 49.4 Å². The van der Waals surface area contributed by atoms with Crippen molar-refractivity contribution >= 4 is 11.8 Å². The van der Waals surface area contributed by atoms with Gasteiger partial charge >= 0.3 is 0 Å². The molecule has 2 aromatic carbocycles. The first-order valence-electron chi connectivity index (χ1n) is 9.29. The molecule has 0 saturated carbocycles. The second-order valence-corrected chi connectivity index (χ2v) is 6.68. The van der Waals surface area contributed by atoms with Crippen molar-refractivity contribution < 1.29 is 14.0 Å². The summed E-state index contributed by atoms with van der Waals surface area (Å²) in [7, 11) is 0. The van der Waals surface area contributed by atoms with E-state index in [9.17, 15) is 14.0 Å². The molecule has 144 valence electrons. The van der Waals surface area contributed by atoms with Crippen LogP contribution >= 0.6 is 0 Å². The number of carbonyl (C=O) groups is 2. The first kappa shape index (κ1) is 20.6. The van der Waals surface area contributed by atoms with Crippen LogP contribution in [0.1, 0.15) is 37.0 Å². The van der Waals surface area contributed by atoms with Crippen molar-refractivity contribution in [3.05, 3.63) is 71.0 Å². The van der Waals surface area contributed by atoms with Crippen LogP contribution in [0, 0.1) is 12.7 Å². The van der Waals surface area contributed by atoms with Crippen LogP contribution in [-0.4, -0.2) is 29.3 Å². The second kappa shape index (κ2) is 9.86. The van der Waals surface area contributed by atoms with E-state index in [4.69, 9.17) is 0 Å². The normalized spacial score (nSPS) is 11.7. The van der Waals surface area contributed by atoms with E-state index in [1.54, 1.807) is 25.1 Å². The van der Waals surface area contributed by atoms with Crippen LogP contribution in [0.25, 0.3) is 0 Å². The van der Waals surface area contributed by atoms with Crippen LogP contribution in [0.15, 0.2) is 48.5 Å². The minimum atomic E-state index is -0.687. The first-order valence-corrected chi connectivity index (χ1v) is 9.29. The highest BCUT2D eigenvalue weighted by Crippen LogP contribution is 2.16. The third kappa shape index (κ3) is 5.64. The van der Waals surface area contributed by atoms with Gasteiger partial charge in [0.1, 0.15) is 11.9 Å². The van der Waals surface area contributed by atoms with Crippen LogP contribution in [0.5, 0.6) is 0 Å².